The van der Waals surface area contributed by atoms with E-state index in [0.29, 0.717) is 17.2 Å². The van der Waals surface area contributed by atoms with E-state index < -0.39 is 11.5 Å². The quantitative estimate of drug-likeness (QED) is 0.554. The summed E-state index contributed by atoms with van der Waals surface area (Å²) in [5.41, 5.74) is 2.05. The Morgan fingerprint density at radius 1 is 1.14 bits per heavy atom. The number of amides is 2. The number of aromatic amines is 1. The number of pyridine rings is 1. The summed E-state index contributed by atoms with van der Waals surface area (Å²) in [6, 6.07) is 10.6. The van der Waals surface area contributed by atoms with Crippen molar-refractivity contribution < 1.29 is 9.59 Å². The maximum atomic E-state index is 12.2. The molecule has 3 rings (SSSR count). The van der Waals surface area contributed by atoms with Gasteiger partial charge in [-0.3, -0.25) is 19.7 Å². The minimum Gasteiger partial charge on any atom is -0.378 e. The molecular weight excluding hydrogens is 390 g/mol. The number of aromatic nitrogens is 2. The largest absolute Gasteiger partial charge is 0.378 e. The number of hydrogen-bond acceptors (Lipinski definition) is 6. The highest BCUT2D eigenvalue weighted by Gasteiger charge is 2.13. The standard InChI is InChI=1S/C20H21N5O3S/c1-25(2)15-8-5-13(6-9-15)22-17(26)10-7-14-12-29-20(23-14)24-19(28)16-4-3-11-21-18(16)27/h3-6,8-9,11-12H,7,10H2,1-2H3,(H,21,27)(H,22,26)(H,23,24,28). The highest BCUT2D eigenvalue weighted by molar-refractivity contribution is 7.14. The number of hydrogen-bond donors (Lipinski definition) is 3. The lowest BCUT2D eigenvalue weighted by Gasteiger charge is -2.13. The Hall–Kier alpha value is -3.46. The molecule has 0 aliphatic heterocycles. The smallest absolute Gasteiger partial charge is 0.263 e. The van der Waals surface area contributed by atoms with Gasteiger partial charge in [-0.25, -0.2) is 4.98 Å². The summed E-state index contributed by atoms with van der Waals surface area (Å²) in [7, 11) is 3.91. The van der Waals surface area contributed by atoms with Crippen LogP contribution in [0.15, 0.2) is 52.8 Å². The molecule has 0 aliphatic rings. The van der Waals surface area contributed by atoms with E-state index in [1.807, 2.05) is 43.3 Å². The van der Waals surface area contributed by atoms with E-state index in [0.717, 1.165) is 11.4 Å². The third-order valence-corrected chi connectivity index (χ3v) is 4.92. The summed E-state index contributed by atoms with van der Waals surface area (Å²) in [5.74, 6) is -0.635. The molecule has 0 radical (unpaired) electrons. The van der Waals surface area contributed by atoms with Gasteiger partial charge in [0.15, 0.2) is 5.13 Å². The number of carbonyl (C=O) groups excluding carboxylic acids is 2. The van der Waals surface area contributed by atoms with Gasteiger partial charge in [0.05, 0.1) is 5.69 Å². The normalized spacial score (nSPS) is 10.4. The van der Waals surface area contributed by atoms with Gasteiger partial charge >= 0.3 is 0 Å². The fourth-order valence-corrected chi connectivity index (χ4v) is 3.29. The Labute approximate surface area is 171 Å². The maximum Gasteiger partial charge on any atom is 0.263 e. The second-order valence-corrected chi connectivity index (χ2v) is 7.36. The molecule has 0 fully saturated rings. The Morgan fingerprint density at radius 2 is 1.90 bits per heavy atom. The van der Waals surface area contributed by atoms with Crippen LogP contribution in [0.1, 0.15) is 22.5 Å². The van der Waals surface area contributed by atoms with Gasteiger partial charge in [-0.15, -0.1) is 11.3 Å². The number of anilines is 3. The lowest BCUT2D eigenvalue weighted by molar-refractivity contribution is -0.116. The summed E-state index contributed by atoms with van der Waals surface area (Å²) in [6.07, 6.45) is 2.17. The fourth-order valence-electron chi connectivity index (χ4n) is 2.55. The van der Waals surface area contributed by atoms with Crippen molar-refractivity contribution >= 4 is 39.7 Å². The van der Waals surface area contributed by atoms with Gasteiger partial charge in [0.1, 0.15) is 5.56 Å². The molecule has 0 saturated heterocycles. The van der Waals surface area contributed by atoms with Crippen molar-refractivity contribution in [1.82, 2.24) is 9.97 Å². The zero-order valence-electron chi connectivity index (χ0n) is 16.1. The van der Waals surface area contributed by atoms with E-state index >= 15 is 0 Å². The summed E-state index contributed by atoms with van der Waals surface area (Å²) in [5, 5.41) is 7.62. The van der Waals surface area contributed by atoms with E-state index in [4.69, 9.17) is 0 Å². The lowest BCUT2D eigenvalue weighted by atomic mass is 10.2. The summed E-state index contributed by atoms with van der Waals surface area (Å²) in [6.45, 7) is 0. The molecule has 0 aliphatic carbocycles. The Kier molecular flexibility index (Phi) is 6.40. The van der Waals surface area contributed by atoms with E-state index in [1.165, 1.54) is 23.6 Å². The van der Waals surface area contributed by atoms with Crippen LogP contribution >= 0.6 is 11.3 Å². The van der Waals surface area contributed by atoms with Crippen LogP contribution in [0.4, 0.5) is 16.5 Å². The first-order valence-corrected chi connectivity index (χ1v) is 9.81. The van der Waals surface area contributed by atoms with Gasteiger partial charge in [-0.2, -0.15) is 0 Å². The number of carbonyl (C=O) groups is 2. The molecule has 0 spiro atoms. The van der Waals surface area contributed by atoms with Crippen molar-refractivity contribution in [2.45, 2.75) is 12.8 Å². The average molecular weight is 411 g/mol. The molecule has 2 amide bonds. The van der Waals surface area contributed by atoms with Crippen LogP contribution in [-0.2, 0) is 11.2 Å². The highest BCUT2D eigenvalue weighted by Crippen LogP contribution is 2.18. The first-order valence-electron chi connectivity index (χ1n) is 8.93. The van der Waals surface area contributed by atoms with Gasteiger partial charge < -0.3 is 15.2 Å². The number of aryl methyl sites for hydroxylation is 1. The Morgan fingerprint density at radius 3 is 2.59 bits per heavy atom. The molecular formula is C20H21N5O3S. The number of H-pyrrole nitrogens is 1. The van der Waals surface area contributed by atoms with Crippen LogP contribution in [0.3, 0.4) is 0 Å². The van der Waals surface area contributed by atoms with Gasteiger partial charge in [-0.05, 0) is 42.8 Å². The third kappa shape index (κ3) is 5.52. The van der Waals surface area contributed by atoms with Gasteiger partial charge in [0.25, 0.3) is 11.5 Å². The van der Waals surface area contributed by atoms with Crippen molar-refractivity contribution in [2.24, 2.45) is 0 Å². The predicted molar refractivity (Wildman–Crippen MR) is 115 cm³/mol. The molecule has 0 unspecified atom stereocenters. The fraction of sp³-hybridized carbons (Fsp3) is 0.200. The first-order chi connectivity index (χ1) is 13.9. The molecule has 0 bridgehead atoms. The van der Waals surface area contributed by atoms with Crippen molar-refractivity contribution in [3.63, 3.8) is 0 Å². The van der Waals surface area contributed by atoms with Crippen molar-refractivity contribution in [3.05, 3.63) is 69.6 Å². The number of nitrogens with one attached hydrogen (secondary N) is 3. The van der Waals surface area contributed by atoms with Gasteiger partial charge in [0, 0.05) is 43.5 Å². The van der Waals surface area contributed by atoms with Gasteiger partial charge in [-0.1, -0.05) is 0 Å². The van der Waals surface area contributed by atoms with Crippen LogP contribution in [0.25, 0.3) is 0 Å². The molecule has 0 saturated carbocycles. The molecule has 0 atom stereocenters. The number of rotatable bonds is 7. The molecule has 2 aromatic heterocycles. The van der Waals surface area contributed by atoms with Crippen molar-refractivity contribution in [2.75, 3.05) is 29.6 Å². The molecule has 29 heavy (non-hydrogen) atoms. The molecule has 9 heteroatoms. The number of nitrogens with zero attached hydrogens (tertiary/aromatic N) is 2. The zero-order chi connectivity index (χ0) is 20.8. The lowest BCUT2D eigenvalue weighted by Crippen LogP contribution is -2.22. The number of thiazole rings is 1. The highest BCUT2D eigenvalue weighted by atomic mass is 32.1. The maximum absolute atomic E-state index is 12.2. The third-order valence-electron chi connectivity index (χ3n) is 4.11. The molecule has 3 aromatic rings. The Bertz CT molecular complexity index is 1060. The SMILES string of the molecule is CN(C)c1ccc(NC(=O)CCc2csc(NC(=O)c3ccc[nH]c3=O)n2)cc1. The molecule has 150 valence electrons. The topological polar surface area (TPSA) is 107 Å². The monoisotopic (exact) mass is 411 g/mol. The van der Waals surface area contributed by atoms with E-state index in [2.05, 4.69) is 20.6 Å². The first kappa shape index (κ1) is 20.3. The van der Waals surface area contributed by atoms with Crippen LogP contribution in [0.2, 0.25) is 0 Å². The Balaban J connectivity index is 1.51. The van der Waals surface area contributed by atoms with Gasteiger partial charge in [0.2, 0.25) is 5.91 Å². The summed E-state index contributed by atoms with van der Waals surface area (Å²) >= 11 is 1.25. The van der Waals surface area contributed by atoms with E-state index in [1.54, 1.807) is 11.4 Å². The van der Waals surface area contributed by atoms with Crippen LogP contribution < -0.4 is 21.1 Å². The predicted octanol–water partition coefficient (Wildman–Crippen LogP) is 2.72. The van der Waals surface area contributed by atoms with Crippen LogP contribution in [-0.4, -0.2) is 35.9 Å². The molecule has 3 N–H and O–H groups in total. The van der Waals surface area contributed by atoms with E-state index in [-0.39, 0.29) is 17.9 Å². The van der Waals surface area contributed by atoms with Crippen molar-refractivity contribution in [1.29, 1.82) is 0 Å². The van der Waals surface area contributed by atoms with Crippen LogP contribution in [0, 0.1) is 0 Å². The second kappa shape index (κ2) is 9.16. The van der Waals surface area contributed by atoms with Crippen LogP contribution in [0.5, 0.6) is 0 Å². The second-order valence-electron chi connectivity index (χ2n) is 6.50. The molecule has 2 heterocycles. The van der Waals surface area contributed by atoms with Crippen molar-refractivity contribution in [3.8, 4) is 0 Å². The molecule has 8 nitrogen and oxygen atoms in total. The average Bonchev–Trinajstić information content (AvgIpc) is 3.14. The zero-order valence-corrected chi connectivity index (χ0v) is 16.9. The summed E-state index contributed by atoms with van der Waals surface area (Å²) in [4.78, 5) is 44.7. The van der Waals surface area contributed by atoms with E-state index in [9.17, 15) is 14.4 Å². The summed E-state index contributed by atoms with van der Waals surface area (Å²) < 4.78 is 0. The molecule has 1 aromatic carbocycles. The minimum atomic E-state index is -0.522. The number of benzene rings is 1. The minimum absolute atomic E-state index is 0.0175.